The Hall–Kier alpha value is -5.26. The molecule has 10 atom stereocenters. The van der Waals surface area contributed by atoms with Crippen molar-refractivity contribution in [1.82, 2.24) is 0 Å². The normalized spacial score (nSPS) is 26.0. The van der Waals surface area contributed by atoms with Crippen LogP contribution in [0.15, 0.2) is 91.0 Å². The fourth-order valence-electron chi connectivity index (χ4n) is 6.43. The number of thioether (sulfide) groups is 1. The molecule has 0 aliphatic carbocycles. The van der Waals surface area contributed by atoms with Crippen molar-refractivity contribution in [3.8, 4) is 0 Å². The number of hydrogen-bond acceptors (Lipinski definition) is 17. The monoisotopic (exact) mass is 916 g/mol. The van der Waals surface area contributed by atoms with Gasteiger partial charge in [0.25, 0.3) is 0 Å². The third kappa shape index (κ3) is 12.4. The first-order chi connectivity index (χ1) is 28.7. The minimum atomic E-state index is -1.43. The van der Waals surface area contributed by atoms with Crippen molar-refractivity contribution >= 4 is 68.5 Å². The number of carbonyl (C=O) groups is 7. The van der Waals surface area contributed by atoms with Gasteiger partial charge >= 0.3 is 358 Å². The molecule has 2 aliphatic heterocycles. The molecule has 2 saturated heterocycles. The zero-order chi connectivity index (χ0) is 43.3. The molecule has 0 spiro atoms. The number of rotatable bonds is 15. The number of esters is 7. The van der Waals surface area contributed by atoms with Crippen molar-refractivity contribution in [3.05, 3.63) is 108 Å². The molecule has 16 nitrogen and oxygen atoms in total. The summed E-state index contributed by atoms with van der Waals surface area (Å²) in [5, 5.41) is -0.886. The third-order valence-electron chi connectivity index (χ3n) is 8.96. The second-order valence-corrected chi connectivity index (χ2v) is 18.2. The standard InChI is InChI=1S/C42H44O16SSe/c1-23(43)51-22-31-32(53-24(2)44)33(54-25(3)45)36(55-26(4)46)42(59-31)60-37-30(21-52-38(47)27-15-9-6-10-16-27)56-41(50-5)35(58-40(49)29-19-13-8-14-20-29)34(37)57-39(48)28-17-11-7-12-18-28/h6-20,30-37,41-42H,21-22H2,1-5H3/t30-,31-,32-,33+,34-,35-,36-,37-,41+,42-/m1/s1. The van der Waals surface area contributed by atoms with E-state index in [0.717, 1.165) is 32.5 Å². The number of ether oxygens (including phenoxy) is 9. The van der Waals surface area contributed by atoms with Crippen molar-refractivity contribution < 1.29 is 76.2 Å². The van der Waals surface area contributed by atoms with Crippen LogP contribution in [0.25, 0.3) is 0 Å². The Balaban J connectivity index is 1.63. The maximum absolute atomic E-state index is 14.0. The molecule has 3 aromatic carbocycles. The van der Waals surface area contributed by atoms with Gasteiger partial charge in [-0.3, -0.25) is 0 Å². The minimum absolute atomic E-state index is 0.162. The summed E-state index contributed by atoms with van der Waals surface area (Å²) < 4.78 is 52.0. The van der Waals surface area contributed by atoms with E-state index in [1.807, 2.05) is 0 Å². The van der Waals surface area contributed by atoms with E-state index in [9.17, 15) is 33.6 Å². The van der Waals surface area contributed by atoms with Crippen molar-refractivity contribution in [3.63, 3.8) is 0 Å². The van der Waals surface area contributed by atoms with Crippen LogP contribution >= 0.6 is 11.8 Å². The van der Waals surface area contributed by atoms with Crippen LogP contribution in [-0.4, -0.2) is 129 Å². The predicted molar refractivity (Wildman–Crippen MR) is 212 cm³/mol. The zero-order valence-corrected chi connectivity index (χ0v) is 35.7. The van der Waals surface area contributed by atoms with E-state index in [2.05, 4.69) is 0 Å². The summed E-state index contributed by atoms with van der Waals surface area (Å²) in [6.45, 7) is 3.87. The van der Waals surface area contributed by atoms with Crippen LogP contribution in [0.5, 0.6) is 0 Å². The average molecular weight is 916 g/mol. The van der Waals surface area contributed by atoms with Crippen LogP contribution in [-0.2, 0) is 61.8 Å². The summed E-state index contributed by atoms with van der Waals surface area (Å²) in [6.07, 6.45) is -9.30. The predicted octanol–water partition coefficient (Wildman–Crippen LogP) is 3.96. The van der Waals surface area contributed by atoms with Crippen LogP contribution in [0.2, 0.25) is 4.82 Å². The van der Waals surface area contributed by atoms with Gasteiger partial charge in [0.2, 0.25) is 0 Å². The van der Waals surface area contributed by atoms with Gasteiger partial charge in [0.1, 0.15) is 0 Å². The molecule has 3 aromatic rings. The number of benzene rings is 3. The van der Waals surface area contributed by atoms with Gasteiger partial charge in [-0.05, 0) is 0 Å². The Morgan fingerprint density at radius 3 is 1.48 bits per heavy atom. The molecule has 2 fully saturated rings. The molecular formula is C42H44O16SSe. The topological polar surface area (TPSA) is 203 Å². The Morgan fingerprint density at radius 2 is 1.00 bits per heavy atom. The van der Waals surface area contributed by atoms with Crippen molar-refractivity contribution in [2.45, 2.75) is 84.8 Å². The van der Waals surface area contributed by atoms with Crippen LogP contribution < -0.4 is 0 Å². The van der Waals surface area contributed by atoms with Crippen molar-refractivity contribution in [1.29, 1.82) is 0 Å². The molecule has 0 bridgehead atoms. The van der Waals surface area contributed by atoms with Gasteiger partial charge in [0, 0.05) is 0 Å². The Kier molecular flexibility index (Phi) is 16.7. The van der Waals surface area contributed by atoms with Gasteiger partial charge in [-0.25, -0.2) is 0 Å². The van der Waals surface area contributed by atoms with Crippen LogP contribution in [0.3, 0.4) is 0 Å². The van der Waals surface area contributed by atoms with Gasteiger partial charge in [0.05, 0.1) is 0 Å². The molecule has 0 amide bonds. The van der Waals surface area contributed by atoms with Crippen LogP contribution in [0.4, 0.5) is 0 Å². The van der Waals surface area contributed by atoms with Gasteiger partial charge < -0.3 is 0 Å². The summed E-state index contributed by atoms with van der Waals surface area (Å²) in [7, 11) is 1.30. The third-order valence-corrected chi connectivity index (χ3v) is 14.5. The second kappa shape index (κ2) is 21.8. The molecular weight excluding hydrogens is 871 g/mol. The maximum atomic E-state index is 14.0. The Labute approximate surface area is 356 Å². The van der Waals surface area contributed by atoms with Crippen molar-refractivity contribution in [2.24, 2.45) is 0 Å². The summed E-state index contributed by atoms with van der Waals surface area (Å²) >= 11 is 0.106. The molecule has 60 heavy (non-hydrogen) atoms. The van der Waals surface area contributed by atoms with E-state index in [-0.39, 0.29) is 23.3 Å². The van der Waals surface area contributed by atoms with Gasteiger partial charge in [0.15, 0.2) is 0 Å². The molecule has 0 saturated carbocycles. The molecule has 0 radical (unpaired) electrons. The molecule has 2 aliphatic rings. The van der Waals surface area contributed by atoms with E-state index in [1.54, 1.807) is 66.7 Å². The van der Waals surface area contributed by atoms with Crippen LogP contribution in [0, 0.1) is 0 Å². The van der Waals surface area contributed by atoms with E-state index in [0.29, 0.717) is 0 Å². The average Bonchev–Trinajstić information content (AvgIpc) is 3.23. The molecule has 320 valence electrons. The van der Waals surface area contributed by atoms with E-state index in [4.69, 9.17) is 42.6 Å². The van der Waals surface area contributed by atoms with Gasteiger partial charge in [-0.2, -0.15) is 0 Å². The van der Waals surface area contributed by atoms with Gasteiger partial charge in [-0.1, -0.05) is 0 Å². The molecule has 5 rings (SSSR count). The summed E-state index contributed by atoms with van der Waals surface area (Å²) in [4.78, 5) is 89.9. The molecule has 18 heteroatoms. The SMILES string of the molecule is CO[C@H]1O[C@H](COC(=O)c2ccccc2)[C@@H]([Se][C@H]2S[C@H](COC(C)=O)[C@@H](OC(C)=O)[C@H](OC(C)=O)[C@H]2OC(C)=O)[C@H](OC(=O)c2ccccc2)[C@H]1OC(=O)c1ccccc1. The number of hydrogen-bond donors (Lipinski definition) is 0. The fraction of sp³-hybridized carbons (Fsp3) is 0.405. The molecule has 0 unspecified atom stereocenters. The molecule has 0 N–H and O–H groups in total. The zero-order valence-electron chi connectivity index (χ0n) is 33.2. The Bertz CT molecular complexity index is 1970. The summed E-state index contributed by atoms with van der Waals surface area (Å²) in [5.41, 5.74) is 0.579. The second-order valence-electron chi connectivity index (χ2n) is 13.4. The molecule has 2 heterocycles. The quantitative estimate of drug-likeness (QED) is 0.120. The number of carbonyl (C=O) groups excluding carboxylic acids is 7. The van der Waals surface area contributed by atoms with E-state index >= 15 is 0 Å². The van der Waals surface area contributed by atoms with E-state index in [1.165, 1.54) is 38.3 Å². The van der Waals surface area contributed by atoms with Crippen LogP contribution in [0.1, 0.15) is 58.8 Å². The first kappa shape index (κ1) is 45.8. The van der Waals surface area contributed by atoms with Gasteiger partial charge in [-0.15, -0.1) is 0 Å². The molecule has 0 aromatic heterocycles. The fourth-order valence-corrected chi connectivity index (χ4v) is 12.5. The van der Waals surface area contributed by atoms with Crippen molar-refractivity contribution in [2.75, 3.05) is 20.3 Å². The summed E-state index contributed by atoms with van der Waals surface area (Å²) in [6, 6.07) is 24.3. The van der Waals surface area contributed by atoms with E-state index < -0.39 is 120 Å². The first-order valence-electron chi connectivity index (χ1n) is 18.6. The first-order valence-corrected chi connectivity index (χ1v) is 21.6. The summed E-state index contributed by atoms with van der Waals surface area (Å²) in [5.74, 6) is -5.25. The Morgan fingerprint density at radius 1 is 0.533 bits per heavy atom. The number of methoxy groups -OCH3 is 1.